The molecule has 2 nitrogen and oxygen atoms in total. The molecular formula is C20H30O2. The van der Waals surface area contributed by atoms with Crippen LogP contribution in [-0.4, -0.2) is 11.1 Å². The summed E-state index contributed by atoms with van der Waals surface area (Å²) in [6, 6.07) is 7.73. The summed E-state index contributed by atoms with van der Waals surface area (Å²) < 4.78 is 0. The summed E-state index contributed by atoms with van der Waals surface area (Å²) in [7, 11) is 0. The largest absolute Gasteiger partial charge is 0.481 e. The first kappa shape index (κ1) is 22.2. The number of benzene rings is 1. The number of carboxylic acid groups (broad SMARTS) is 1. The molecule has 122 valence electrons. The van der Waals surface area contributed by atoms with Gasteiger partial charge in [-0.2, -0.15) is 0 Å². The van der Waals surface area contributed by atoms with Crippen molar-refractivity contribution in [2.75, 3.05) is 0 Å². The molecule has 2 heteroatoms. The molecule has 1 rings (SSSR count). The van der Waals surface area contributed by atoms with Gasteiger partial charge in [0.25, 0.3) is 0 Å². The first-order valence-electron chi connectivity index (χ1n) is 7.40. The first-order valence-corrected chi connectivity index (χ1v) is 7.40. The summed E-state index contributed by atoms with van der Waals surface area (Å²) >= 11 is 0. The standard InChI is InChI=1S/C11H12O2.C5H10.C4H8/c1-2-9-3-5-10(6-4-9)7-8-11(12)13;1-4-5(2)3;1-4(2)3/h2-6H,1,7-8H2,(H,12,13);4-5H,1H2,2-3H3;1H2,2-3H3. The Labute approximate surface area is 135 Å². The molecule has 0 spiro atoms. The second-order valence-electron chi connectivity index (χ2n) is 5.53. The molecule has 0 aliphatic rings. The maximum absolute atomic E-state index is 10.3. The van der Waals surface area contributed by atoms with E-state index in [9.17, 15) is 4.79 Å². The number of aliphatic carboxylic acids is 1. The van der Waals surface area contributed by atoms with Gasteiger partial charge < -0.3 is 5.11 Å². The Bertz CT molecular complexity index is 449. The molecule has 1 N–H and O–H groups in total. The van der Waals surface area contributed by atoms with Crippen LogP contribution >= 0.6 is 0 Å². The van der Waals surface area contributed by atoms with Crippen molar-refractivity contribution in [1.82, 2.24) is 0 Å². The number of hydrogen-bond donors (Lipinski definition) is 1. The minimum atomic E-state index is -0.757. The topological polar surface area (TPSA) is 37.3 Å². The molecule has 0 unspecified atom stereocenters. The highest BCUT2D eigenvalue weighted by atomic mass is 16.4. The van der Waals surface area contributed by atoms with Gasteiger partial charge in [0, 0.05) is 6.42 Å². The molecule has 0 bridgehead atoms. The summed E-state index contributed by atoms with van der Waals surface area (Å²) in [6.45, 7) is 18.9. The molecule has 0 amide bonds. The zero-order valence-corrected chi connectivity index (χ0v) is 14.4. The molecule has 0 atom stereocenters. The highest BCUT2D eigenvalue weighted by Crippen LogP contribution is 2.07. The van der Waals surface area contributed by atoms with E-state index in [0.29, 0.717) is 12.3 Å². The van der Waals surface area contributed by atoms with Crippen LogP contribution < -0.4 is 0 Å². The van der Waals surface area contributed by atoms with E-state index >= 15 is 0 Å². The average Bonchev–Trinajstić information content (AvgIpc) is 2.45. The number of hydrogen-bond acceptors (Lipinski definition) is 1. The maximum Gasteiger partial charge on any atom is 0.303 e. The van der Waals surface area contributed by atoms with Gasteiger partial charge >= 0.3 is 5.97 Å². The van der Waals surface area contributed by atoms with E-state index in [4.69, 9.17) is 5.11 Å². The van der Waals surface area contributed by atoms with Gasteiger partial charge in [-0.05, 0) is 37.3 Å². The van der Waals surface area contributed by atoms with Crippen molar-refractivity contribution in [1.29, 1.82) is 0 Å². The molecule has 0 saturated carbocycles. The van der Waals surface area contributed by atoms with Gasteiger partial charge in [0.1, 0.15) is 0 Å². The van der Waals surface area contributed by atoms with Crippen molar-refractivity contribution < 1.29 is 9.90 Å². The number of rotatable bonds is 5. The molecule has 0 aliphatic carbocycles. The van der Waals surface area contributed by atoms with Crippen molar-refractivity contribution in [2.45, 2.75) is 40.5 Å². The summed E-state index contributed by atoms with van der Waals surface area (Å²) in [4.78, 5) is 10.3. The molecule has 0 saturated heterocycles. The van der Waals surface area contributed by atoms with E-state index < -0.39 is 5.97 Å². The third kappa shape index (κ3) is 17.9. The van der Waals surface area contributed by atoms with Crippen molar-refractivity contribution in [3.8, 4) is 0 Å². The lowest BCUT2D eigenvalue weighted by Gasteiger charge is -1.98. The van der Waals surface area contributed by atoms with E-state index in [1.165, 1.54) is 5.57 Å². The van der Waals surface area contributed by atoms with Crippen LogP contribution in [0.4, 0.5) is 0 Å². The first-order chi connectivity index (χ1) is 10.2. The fourth-order valence-corrected chi connectivity index (χ4v) is 1.07. The smallest absolute Gasteiger partial charge is 0.303 e. The van der Waals surface area contributed by atoms with E-state index in [-0.39, 0.29) is 6.42 Å². The maximum atomic E-state index is 10.3. The van der Waals surface area contributed by atoms with Crippen LogP contribution in [0.1, 0.15) is 45.2 Å². The van der Waals surface area contributed by atoms with E-state index in [1.54, 1.807) is 6.08 Å². The predicted molar refractivity (Wildman–Crippen MR) is 98.0 cm³/mol. The van der Waals surface area contributed by atoms with Crippen LogP contribution in [0.5, 0.6) is 0 Å². The van der Waals surface area contributed by atoms with Gasteiger partial charge in [-0.3, -0.25) is 4.79 Å². The van der Waals surface area contributed by atoms with Crippen LogP contribution in [-0.2, 0) is 11.2 Å². The summed E-state index contributed by atoms with van der Waals surface area (Å²) in [5.74, 6) is -0.109. The van der Waals surface area contributed by atoms with Gasteiger partial charge in [-0.1, -0.05) is 62.4 Å². The second-order valence-corrected chi connectivity index (χ2v) is 5.53. The molecule has 0 fully saturated rings. The van der Waals surface area contributed by atoms with E-state index in [2.05, 4.69) is 33.6 Å². The highest BCUT2D eigenvalue weighted by Gasteiger charge is 1.98. The minimum absolute atomic E-state index is 0.188. The summed E-state index contributed by atoms with van der Waals surface area (Å²) in [5.41, 5.74) is 3.27. The van der Waals surface area contributed by atoms with Crippen LogP contribution in [0.25, 0.3) is 6.08 Å². The lowest BCUT2D eigenvalue weighted by atomic mass is 10.1. The molecule has 0 aromatic heterocycles. The van der Waals surface area contributed by atoms with Gasteiger partial charge in [-0.25, -0.2) is 0 Å². The Morgan fingerprint density at radius 1 is 1.18 bits per heavy atom. The monoisotopic (exact) mass is 302 g/mol. The summed E-state index contributed by atoms with van der Waals surface area (Å²) in [5, 5.41) is 8.46. The fraction of sp³-hybridized carbons (Fsp3) is 0.350. The Balaban J connectivity index is 0. The Morgan fingerprint density at radius 3 is 1.86 bits per heavy atom. The van der Waals surface area contributed by atoms with E-state index in [1.807, 2.05) is 44.2 Å². The van der Waals surface area contributed by atoms with Crippen LogP contribution in [0.3, 0.4) is 0 Å². The minimum Gasteiger partial charge on any atom is -0.481 e. The molecule has 1 aromatic rings. The van der Waals surface area contributed by atoms with Gasteiger partial charge in [-0.15, -0.1) is 13.2 Å². The third-order valence-corrected chi connectivity index (χ3v) is 2.31. The van der Waals surface area contributed by atoms with Crippen molar-refractivity contribution >= 4 is 12.0 Å². The van der Waals surface area contributed by atoms with E-state index in [0.717, 1.165) is 11.1 Å². The van der Waals surface area contributed by atoms with Crippen LogP contribution in [0, 0.1) is 5.92 Å². The molecule has 0 heterocycles. The molecule has 22 heavy (non-hydrogen) atoms. The van der Waals surface area contributed by atoms with Gasteiger partial charge in [0.15, 0.2) is 0 Å². The number of allylic oxidation sites excluding steroid dienone is 2. The Morgan fingerprint density at radius 2 is 1.59 bits per heavy atom. The number of aryl methyl sites for hydroxylation is 1. The number of carbonyl (C=O) groups is 1. The van der Waals surface area contributed by atoms with Gasteiger partial charge in [0.05, 0.1) is 0 Å². The van der Waals surface area contributed by atoms with Crippen molar-refractivity contribution in [2.24, 2.45) is 5.92 Å². The SMILES string of the molecule is C=C(C)C.C=CC(C)C.C=Cc1ccc(CCC(=O)O)cc1. The number of carboxylic acids is 1. The lowest BCUT2D eigenvalue weighted by molar-refractivity contribution is -0.136. The molecule has 1 aromatic carbocycles. The van der Waals surface area contributed by atoms with Crippen LogP contribution in [0.15, 0.2) is 55.7 Å². The molecule has 0 radical (unpaired) electrons. The quantitative estimate of drug-likeness (QED) is 0.702. The molecular weight excluding hydrogens is 272 g/mol. The average molecular weight is 302 g/mol. The lowest BCUT2D eigenvalue weighted by Crippen LogP contribution is -1.97. The zero-order chi connectivity index (χ0) is 17.5. The van der Waals surface area contributed by atoms with Crippen molar-refractivity contribution in [3.63, 3.8) is 0 Å². The molecule has 0 aliphatic heterocycles. The van der Waals surface area contributed by atoms with Gasteiger partial charge in [0.2, 0.25) is 0 Å². The summed E-state index contributed by atoms with van der Waals surface area (Å²) in [6.07, 6.45) is 4.46. The van der Waals surface area contributed by atoms with Crippen molar-refractivity contribution in [3.05, 3.63) is 66.8 Å². The zero-order valence-electron chi connectivity index (χ0n) is 14.4. The highest BCUT2D eigenvalue weighted by molar-refractivity contribution is 5.67. The fourth-order valence-electron chi connectivity index (χ4n) is 1.07. The Kier molecular flexibility index (Phi) is 14.0. The van der Waals surface area contributed by atoms with Crippen LogP contribution in [0.2, 0.25) is 0 Å². The Hall–Kier alpha value is -2.09. The third-order valence-electron chi connectivity index (χ3n) is 2.31. The second kappa shape index (κ2) is 13.9. The predicted octanol–water partition coefficient (Wildman–Crippen LogP) is 5.76. The normalized spacial score (nSPS) is 8.77.